The van der Waals surface area contributed by atoms with Gasteiger partial charge in [-0.3, -0.25) is 9.59 Å². The number of carbonyl (C=O) groups is 2. The third kappa shape index (κ3) is 3.88. The summed E-state index contributed by atoms with van der Waals surface area (Å²) in [5, 5.41) is 2.63. The third-order valence-corrected chi connectivity index (χ3v) is 8.67. The molecule has 1 N–H and O–H groups in total. The molecule has 33 heavy (non-hydrogen) atoms. The lowest BCUT2D eigenvalue weighted by Gasteiger charge is -2.33. The monoisotopic (exact) mass is 471 g/mol. The van der Waals surface area contributed by atoms with Crippen LogP contribution < -0.4 is 10.2 Å². The van der Waals surface area contributed by atoms with Gasteiger partial charge < -0.3 is 10.2 Å². The summed E-state index contributed by atoms with van der Waals surface area (Å²) in [5.74, 6) is -1.54. The quantitative estimate of drug-likeness (QED) is 0.708. The number of sulfonamides is 1. The van der Waals surface area contributed by atoms with E-state index in [2.05, 4.69) is 5.32 Å². The van der Waals surface area contributed by atoms with Crippen molar-refractivity contribution in [2.45, 2.75) is 61.9 Å². The van der Waals surface area contributed by atoms with E-state index in [0.717, 1.165) is 30.0 Å². The second-order valence-electron chi connectivity index (χ2n) is 9.07. The zero-order valence-electron chi connectivity index (χ0n) is 18.4. The van der Waals surface area contributed by atoms with Crippen LogP contribution in [-0.2, 0) is 10.0 Å². The predicted molar refractivity (Wildman–Crippen MR) is 122 cm³/mol. The largest absolute Gasteiger partial charge is 0.369 e. The second-order valence-corrected chi connectivity index (χ2v) is 10.9. The van der Waals surface area contributed by atoms with E-state index in [1.54, 1.807) is 12.1 Å². The third-order valence-electron chi connectivity index (χ3n) is 6.80. The van der Waals surface area contributed by atoms with Gasteiger partial charge in [-0.25, -0.2) is 17.1 Å². The maximum Gasteiger partial charge on any atom is 0.269 e. The molecule has 2 saturated carbocycles. The maximum atomic E-state index is 14.8. The van der Waals surface area contributed by atoms with Crippen molar-refractivity contribution in [2.75, 3.05) is 17.3 Å². The first kappa shape index (κ1) is 21.9. The molecule has 0 spiro atoms. The number of hydrogen-bond acceptors (Lipinski definition) is 5. The highest BCUT2D eigenvalue weighted by Gasteiger charge is 2.48. The fraction of sp³-hybridized carbons (Fsp3) is 0.417. The SMILES string of the molecule is CN(c1ccc(NC(=O)c2ccc3c(c2)S(=O)(=O)N(C2CC2)C3=O)cc1F)C1CCCCC1. The lowest BCUT2D eigenvalue weighted by atomic mass is 9.94. The number of halogens is 1. The predicted octanol–water partition coefficient (Wildman–Crippen LogP) is 4.15. The van der Waals surface area contributed by atoms with Crippen LogP contribution in [0.3, 0.4) is 0 Å². The Hall–Kier alpha value is -2.94. The first-order chi connectivity index (χ1) is 15.8. The Balaban J connectivity index is 1.34. The van der Waals surface area contributed by atoms with Crippen LogP contribution in [0.25, 0.3) is 0 Å². The van der Waals surface area contributed by atoms with Gasteiger partial charge in [0.1, 0.15) is 10.7 Å². The lowest BCUT2D eigenvalue weighted by molar-refractivity contribution is 0.0864. The number of carbonyl (C=O) groups excluding carboxylic acids is 2. The summed E-state index contributed by atoms with van der Waals surface area (Å²) in [4.78, 5) is 27.1. The fourth-order valence-corrected chi connectivity index (χ4v) is 6.64. The molecule has 7 nitrogen and oxygen atoms in total. The van der Waals surface area contributed by atoms with Crippen LogP contribution >= 0.6 is 0 Å². The minimum atomic E-state index is -3.96. The number of nitrogens with one attached hydrogen (secondary N) is 1. The van der Waals surface area contributed by atoms with Crippen molar-refractivity contribution < 1.29 is 22.4 Å². The summed E-state index contributed by atoms with van der Waals surface area (Å²) in [6, 6.07) is 8.59. The highest BCUT2D eigenvalue weighted by molar-refractivity contribution is 7.90. The first-order valence-electron chi connectivity index (χ1n) is 11.3. The van der Waals surface area contributed by atoms with Crippen molar-refractivity contribution >= 4 is 33.2 Å². The normalized spacial score (nSPS) is 19.9. The summed E-state index contributed by atoms with van der Waals surface area (Å²) >= 11 is 0. The molecule has 1 aliphatic heterocycles. The second kappa shape index (κ2) is 8.13. The minimum absolute atomic E-state index is 0.0830. The van der Waals surface area contributed by atoms with E-state index in [4.69, 9.17) is 0 Å². The van der Waals surface area contributed by atoms with Crippen LogP contribution in [-0.4, -0.2) is 43.7 Å². The van der Waals surface area contributed by atoms with E-state index in [-0.39, 0.29) is 27.8 Å². The number of fused-ring (bicyclic) bond motifs is 1. The van der Waals surface area contributed by atoms with Crippen LogP contribution in [0.2, 0.25) is 0 Å². The van der Waals surface area contributed by atoms with E-state index >= 15 is 0 Å². The van der Waals surface area contributed by atoms with Gasteiger partial charge in [0, 0.05) is 30.4 Å². The van der Waals surface area contributed by atoms with Gasteiger partial charge in [-0.15, -0.1) is 0 Å². The molecule has 0 unspecified atom stereocenters. The van der Waals surface area contributed by atoms with Gasteiger partial charge in [0.25, 0.3) is 21.8 Å². The molecule has 5 rings (SSSR count). The van der Waals surface area contributed by atoms with Crippen molar-refractivity contribution in [2.24, 2.45) is 0 Å². The van der Waals surface area contributed by atoms with Crippen molar-refractivity contribution in [3.8, 4) is 0 Å². The highest BCUT2D eigenvalue weighted by Crippen LogP contribution is 2.39. The molecule has 2 aromatic carbocycles. The molecule has 0 bridgehead atoms. The Morgan fingerprint density at radius 2 is 1.79 bits per heavy atom. The van der Waals surface area contributed by atoms with E-state index in [0.29, 0.717) is 24.6 Å². The number of nitrogens with zero attached hydrogens (tertiary/aromatic N) is 2. The Labute approximate surface area is 192 Å². The van der Waals surface area contributed by atoms with E-state index in [1.165, 1.54) is 30.7 Å². The molecule has 3 aliphatic rings. The van der Waals surface area contributed by atoms with Crippen molar-refractivity contribution in [3.63, 3.8) is 0 Å². The number of hydrogen-bond donors (Lipinski definition) is 1. The van der Waals surface area contributed by atoms with Crippen LogP contribution in [0, 0.1) is 5.82 Å². The molecular formula is C24H26FN3O4S. The number of anilines is 2. The molecule has 2 aliphatic carbocycles. The Bertz CT molecular complexity index is 1240. The van der Waals surface area contributed by atoms with Gasteiger partial charge in [0.05, 0.1) is 11.3 Å². The molecule has 2 fully saturated rings. The van der Waals surface area contributed by atoms with Crippen LogP contribution in [0.4, 0.5) is 15.8 Å². The highest BCUT2D eigenvalue weighted by atomic mass is 32.2. The zero-order valence-corrected chi connectivity index (χ0v) is 19.2. The smallest absolute Gasteiger partial charge is 0.269 e. The van der Waals surface area contributed by atoms with Crippen LogP contribution in [0.5, 0.6) is 0 Å². The van der Waals surface area contributed by atoms with Gasteiger partial charge in [0.2, 0.25) is 0 Å². The standard InChI is InChI=1S/C24H26FN3O4S/c1-27(17-5-3-2-4-6-17)21-12-8-16(14-20(21)25)26-23(29)15-7-11-19-22(13-15)33(31,32)28(24(19)30)18-9-10-18/h7-8,11-14,17-18H,2-6,9-10H2,1H3,(H,26,29). The molecule has 0 saturated heterocycles. The molecule has 0 atom stereocenters. The molecule has 0 aromatic heterocycles. The number of amides is 2. The fourth-order valence-electron chi connectivity index (χ4n) is 4.80. The van der Waals surface area contributed by atoms with Gasteiger partial charge >= 0.3 is 0 Å². The molecule has 174 valence electrons. The average Bonchev–Trinajstić information content (AvgIpc) is 3.60. The topological polar surface area (TPSA) is 86.8 Å². The Morgan fingerprint density at radius 1 is 1.06 bits per heavy atom. The van der Waals surface area contributed by atoms with Crippen LogP contribution in [0.15, 0.2) is 41.3 Å². The molecular weight excluding hydrogens is 445 g/mol. The van der Waals surface area contributed by atoms with Crippen molar-refractivity contribution in [1.82, 2.24) is 4.31 Å². The Morgan fingerprint density at radius 3 is 2.45 bits per heavy atom. The van der Waals surface area contributed by atoms with E-state index in [1.807, 2.05) is 11.9 Å². The molecule has 9 heteroatoms. The van der Waals surface area contributed by atoms with Crippen LogP contribution in [0.1, 0.15) is 65.7 Å². The summed E-state index contributed by atoms with van der Waals surface area (Å²) in [7, 11) is -2.06. The summed E-state index contributed by atoms with van der Waals surface area (Å²) in [6.45, 7) is 0. The average molecular weight is 472 g/mol. The van der Waals surface area contributed by atoms with Crippen molar-refractivity contribution in [3.05, 3.63) is 53.3 Å². The van der Waals surface area contributed by atoms with Gasteiger partial charge in [-0.1, -0.05) is 19.3 Å². The van der Waals surface area contributed by atoms with Gasteiger partial charge in [-0.2, -0.15) is 0 Å². The van der Waals surface area contributed by atoms with Gasteiger partial charge in [0.15, 0.2) is 0 Å². The summed E-state index contributed by atoms with van der Waals surface area (Å²) in [5.41, 5.74) is 0.936. The minimum Gasteiger partial charge on any atom is -0.369 e. The van der Waals surface area contributed by atoms with E-state index < -0.39 is 27.7 Å². The molecule has 0 radical (unpaired) electrons. The number of rotatable bonds is 5. The van der Waals surface area contributed by atoms with Gasteiger partial charge in [-0.05, 0) is 62.1 Å². The van der Waals surface area contributed by atoms with E-state index in [9.17, 15) is 22.4 Å². The zero-order chi connectivity index (χ0) is 23.3. The molecule has 2 aromatic rings. The Kier molecular flexibility index (Phi) is 5.39. The lowest BCUT2D eigenvalue weighted by Crippen LogP contribution is -2.33. The summed E-state index contributed by atoms with van der Waals surface area (Å²) < 4.78 is 41.4. The first-order valence-corrected chi connectivity index (χ1v) is 12.8. The molecule has 1 heterocycles. The molecule has 2 amide bonds. The number of benzene rings is 2. The van der Waals surface area contributed by atoms with Crippen molar-refractivity contribution in [1.29, 1.82) is 0 Å². The maximum absolute atomic E-state index is 14.8. The summed E-state index contributed by atoms with van der Waals surface area (Å²) in [6.07, 6.45) is 6.89.